The molecule has 3 heteroatoms. The van der Waals surface area contributed by atoms with E-state index >= 15 is 0 Å². The number of carbonyl (C=O) groups excluding carboxylic acids is 1. The van der Waals surface area contributed by atoms with Crippen molar-refractivity contribution in [1.82, 2.24) is 4.90 Å². The Morgan fingerprint density at radius 3 is 2.48 bits per heavy atom. The van der Waals surface area contributed by atoms with Crippen molar-refractivity contribution in [1.29, 1.82) is 0 Å². The summed E-state index contributed by atoms with van der Waals surface area (Å²) in [6.07, 6.45) is 6.32. The van der Waals surface area contributed by atoms with E-state index in [1.54, 1.807) is 7.11 Å². The van der Waals surface area contributed by atoms with Crippen LogP contribution < -0.4 is 4.74 Å². The summed E-state index contributed by atoms with van der Waals surface area (Å²) in [7, 11) is 1.70. The van der Waals surface area contributed by atoms with Crippen molar-refractivity contribution >= 4 is 5.91 Å². The molecule has 1 heterocycles. The first-order chi connectivity index (χ1) is 10.2. The number of ether oxygens (including phenoxy) is 1. The Morgan fingerprint density at radius 1 is 1.24 bits per heavy atom. The Hall–Kier alpha value is -1.51. The van der Waals surface area contributed by atoms with Crippen molar-refractivity contribution in [2.24, 2.45) is 5.92 Å². The van der Waals surface area contributed by atoms with E-state index < -0.39 is 0 Å². The van der Waals surface area contributed by atoms with Gasteiger partial charge in [0.05, 0.1) is 7.11 Å². The summed E-state index contributed by atoms with van der Waals surface area (Å²) in [5, 5.41) is 0. The third-order valence-corrected chi connectivity index (χ3v) is 4.43. The van der Waals surface area contributed by atoms with E-state index in [2.05, 4.69) is 19.1 Å². The molecule has 1 aliphatic heterocycles. The van der Waals surface area contributed by atoms with E-state index in [1.165, 1.54) is 12.0 Å². The van der Waals surface area contributed by atoms with Crippen LogP contribution in [-0.4, -0.2) is 31.0 Å². The number of carbonyl (C=O) groups is 1. The molecule has 2 rings (SSSR count). The van der Waals surface area contributed by atoms with Crippen LogP contribution in [0.5, 0.6) is 5.75 Å². The van der Waals surface area contributed by atoms with E-state index in [4.69, 9.17) is 4.74 Å². The smallest absolute Gasteiger partial charge is 0.222 e. The molecule has 0 spiro atoms. The van der Waals surface area contributed by atoms with Crippen LogP contribution >= 0.6 is 0 Å². The van der Waals surface area contributed by atoms with Crippen LogP contribution in [0.1, 0.15) is 44.6 Å². The van der Waals surface area contributed by atoms with Gasteiger partial charge >= 0.3 is 0 Å². The Balaban J connectivity index is 1.72. The first-order valence-electron chi connectivity index (χ1n) is 8.13. The zero-order valence-electron chi connectivity index (χ0n) is 13.3. The normalized spacial score (nSPS) is 16.0. The molecule has 0 aliphatic carbocycles. The van der Waals surface area contributed by atoms with E-state index in [0.29, 0.717) is 12.3 Å². The van der Waals surface area contributed by atoms with Crippen molar-refractivity contribution in [2.45, 2.75) is 45.4 Å². The third-order valence-electron chi connectivity index (χ3n) is 4.43. The molecule has 0 unspecified atom stereocenters. The number of aryl methyl sites for hydroxylation is 1. The summed E-state index contributed by atoms with van der Waals surface area (Å²) >= 11 is 0. The zero-order chi connectivity index (χ0) is 15.1. The highest BCUT2D eigenvalue weighted by Gasteiger charge is 2.21. The lowest BCUT2D eigenvalue weighted by Crippen LogP contribution is -2.38. The summed E-state index contributed by atoms with van der Waals surface area (Å²) in [6, 6.07) is 8.36. The average Bonchev–Trinajstić information content (AvgIpc) is 2.54. The Kier molecular flexibility index (Phi) is 6.09. The fourth-order valence-corrected chi connectivity index (χ4v) is 3.01. The van der Waals surface area contributed by atoms with Crippen LogP contribution in [0.2, 0.25) is 0 Å². The maximum Gasteiger partial charge on any atom is 0.222 e. The molecule has 1 aromatic rings. The largest absolute Gasteiger partial charge is 0.497 e. The summed E-state index contributed by atoms with van der Waals surface area (Å²) in [5.74, 6) is 2.02. The molecule has 0 aromatic heterocycles. The molecule has 116 valence electrons. The van der Waals surface area contributed by atoms with Gasteiger partial charge in [-0.2, -0.15) is 0 Å². The van der Waals surface area contributed by atoms with Gasteiger partial charge in [-0.1, -0.05) is 19.1 Å². The lowest BCUT2D eigenvalue weighted by molar-refractivity contribution is -0.132. The number of piperidine rings is 1. The fourth-order valence-electron chi connectivity index (χ4n) is 3.01. The molecule has 21 heavy (non-hydrogen) atoms. The van der Waals surface area contributed by atoms with Gasteiger partial charge < -0.3 is 9.64 Å². The van der Waals surface area contributed by atoms with E-state index in [0.717, 1.165) is 50.4 Å². The SMILES string of the molecule is CCCC(=O)N1CCC(CCc2ccc(OC)cc2)CC1. The van der Waals surface area contributed by atoms with Gasteiger partial charge in [0.15, 0.2) is 0 Å². The second kappa shape index (κ2) is 8.06. The minimum absolute atomic E-state index is 0.339. The molecule has 1 aromatic carbocycles. The van der Waals surface area contributed by atoms with Crippen molar-refractivity contribution in [3.63, 3.8) is 0 Å². The lowest BCUT2D eigenvalue weighted by atomic mass is 9.90. The number of amides is 1. The molecule has 0 N–H and O–H groups in total. The highest BCUT2D eigenvalue weighted by molar-refractivity contribution is 5.76. The van der Waals surface area contributed by atoms with Crippen molar-refractivity contribution in [2.75, 3.05) is 20.2 Å². The van der Waals surface area contributed by atoms with E-state index in [-0.39, 0.29) is 0 Å². The Labute approximate surface area is 128 Å². The highest BCUT2D eigenvalue weighted by Crippen LogP contribution is 2.23. The second-order valence-electron chi connectivity index (χ2n) is 5.96. The number of hydrogen-bond donors (Lipinski definition) is 0. The second-order valence-corrected chi connectivity index (χ2v) is 5.96. The maximum atomic E-state index is 11.9. The Bertz CT molecular complexity index is 433. The lowest BCUT2D eigenvalue weighted by Gasteiger charge is -2.32. The maximum absolute atomic E-state index is 11.9. The first kappa shape index (κ1) is 15.9. The van der Waals surface area contributed by atoms with Crippen molar-refractivity contribution < 1.29 is 9.53 Å². The number of likely N-dealkylation sites (tertiary alicyclic amines) is 1. The molecule has 3 nitrogen and oxygen atoms in total. The monoisotopic (exact) mass is 289 g/mol. The van der Waals surface area contributed by atoms with Gasteiger partial charge in [0.1, 0.15) is 5.75 Å². The molecule has 0 radical (unpaired) electrons. The quantitative estimate of drug-likeness (QED) is 0.799. The summed E-state index contributed by atoms with van der Waals surface area (Å²) in [6.45, 7) is 3.97. The fraction of sp³-hybridized carbons (Fsp3) is 0.611. The van der Waals surface area contributed by atoms with Gasteiger partial charge in [-0.05, 0) is 55.7 Å². The topological polar surface area (TPSA) is 29.5 Å². The van der Waals surface area contributed by atoms with Gasteiger partial charge in [0.2, 0.25) is 5.91 Å². The number of benzene rings is 1. The minimum atomic E-state index is 0.339. The van der Waals surface area contributed by atoms with Gasteiger partial charge in [-0.15, -0.1) is 0 Å². The van der Waals surface area contributed by atoms with Crippen LogP contribution in [0.25, 0.3) is 0 Å². The minimum Gasteiger partial charge on any atom is -0.497 e. The zero-order valence-corrected chi connectivity index (χ0v) is 13.3. The molecule has 0 atom stereocenters. The van der Waals surface area contributed by atoms with Crippen LogP contribution in [0, 0.1) is 5.92 Å². The predicted molar refractivity (Wildman–Crippen MR) is 85.5 cm³/mol. The van der Waals surface area contributed by atoms with Crippen molar-refractivity contribution in [3.05, 3.63) is 29.8 Å². The van der Waals surface area contributed by atoms with Gasteiger partial charge in [0, 0.05) is 19.5 Å². The third kappa shape index (κ3) is 4.76. The molecule has 0 bridgehead atoms. The summed E-state index contributed by atoms with van der Waals surface area (Å²) < 4.78 is 5.18. The number of methoxy groups -OCH3 is 1. The molecule has 1 amide bonds. The van der Waals surface area contributed by atoms with Crippen LogP contribution in [-0.2, 0) is 11.2 Å². The van der Waals surface area contributed by atoms with E-state index in [1.807, 2.05) is 17.0 Å². The van der Waals surface area contributed by atoms with Gasteiger partial charge in [0.25, 0.3) is 0 Å². The Morgan fingerprint density at radius 2 is 1.90 bits per heavy atom. The van der Waals surface area contributed by atoms with Crippen molar-refractivity contribution in [3.8, 4) is 5.75 Å². The molecule has 1 fully saturated rings. The number of rotatable bonds is 6. The van der Waals surface area contributed by atoms with Gasteiger partial charge in [-0.25, -0.2) is 0 Å². The highest BCUT2D eigenvalue weighted by atomic mass is 16.5. The van der Waals surface area contributed by atoms with Gasteiger partial charge in [-0.3, -0.25) is 4.79 Å². The molecular weight excluding hydrogens is 262 g/mol. The molecule has 1 saturated heterocycles. The first-order valence-corrected chi connectivity index (χ1v) is 8.13. The number of hydrogen-bond acceptors (Lipinski definition) is 2. The molecule has 1 aliphatic rings. The van der Waals surface area contributed by atoms with Crippen LogP contribution in [0.4, 0.5) is 0 Å². The molecular formula is C18H27NO2. The predicted octanol–water partition coefficient (Wildman–Crippen LogP) is 3.67. The summed E-state index contributed by atoms with van der Waals surface area (Å²) in [4.78, 5) is 13.9. The molecule has 0 saturated carbocycles. The average molecular weight is 289 g/mol. The van der Waals surface area contributed by atoms with Crippen LogP contribution in [0.3, 0.4) is 0 Å². The van der Waals surface area contributed by atoms with Crippen LogP contribution in [0.15, 0.2) is 24.3 Å². The number of nitrogens with zero attached hydrogens (tertiary/aromatic N) is 1. The summed E-state index contributed by atoms with van der Waals surface area (Å²) in [5.41, 5.74) is 1.38. The van der Waals surface area contributed by atoms with E-state index in [9.17, 15) is 4.79 Å². The standard InChI is InChI=1S/C18H27NO2/c1-3-4-18(20)19-13-11-16(12-14-19)6-5-15-7-9-17(21-2)10-8-15/h7-10,16H,3-6,11-14H2,1-2H3.